The van der Waals surface area contributed by atoms with E-state index in [0.29, 0.717) is 24.7 Å². The van der Waals surface area contributed by atoms with Crippen molar-refractivity contribution in [1.82, 2.24) is 4.90 Å². The van der Waals surface area contributed by atoms with Crippen molar-refractivity contribution in [2.24, 2.45) is 5.92 Å². The number of hydrogen-bond donors (Lipinski definition) is 0. The lowest BCUT2D eigenvalue weighted by Gasteiger charge is -2.32. The van der Waals surface area contributed by atoms with Gasteiger partial charge in [0, 0.05) is 31.5 Å². The largest absolute Gasteiger partial charge is 0.343 e. The molecule has 0 N–H and O–H groups in total. The molecule has 0 radical (unpaired) electrons. The van der Waals surface area contributed by atoms with Crippen molar-refractivity contribution in [3.63, 3.8) is 0 Å². The van der Waals surface area contributed by atoms with Crippen LogP contribution in [0.25, 0.3) is 0 Å². The second-order valence-corrected chi connectivity index (χ2v) is 8.40. The van der Waals surface area contributed by atoms with Crippen molar-refractivity contribution in [1.29, 1.82) is 0 Å². The molecule has 0 aromatic heterocycles. The number of unbranched alkanes of at least 4 members (excludes halogenated alkanes) is 3. The molecule has 0 atom stereocenters. The van der Waals surface area contributed by atoms with E-state index in [9.17, 15) is 9.59 Å². The molecule has 2 rings (SSSR count). The van der Waals surface area contributed by atoms with Crippen LogP contribution in [0.2, 0.25) is 0 Å². The van der Waals surface area contributed by atoms with E-state index in [-0.39, 0.29) is 5.78 Å². The number of piperidine rings is 1. The van der Waals surface area contributed by atoms with Crippen LogP contribution < -0.4 is 0 Å². The molecule has 0 unspecified atom stereocenters. The van der Waals surface area contributed by atoms with Gasteiger partial charge in [0.15, 0.2) is 5.78 Å². The van der Waals surface area contributed by atoms with E-state index in [2.05, 4.69) is 30.9 Å². The van der Waals surface area contributed by atoms with Gasteiger partial charge in [-0.3, -0.25) is 9.59 Å². The van der Waals surface area contributed by atoms with Crippen LogP contribution in [0.3, 0.4) is 0 Å². The van der Waals surface area contributed by atoms with Crippen molar-refractivity contribution in [3.05, 3.63) is 35.4 Å². The van der Waals surface area contributed by atoms with Gasteiger partial charge < -0.3 is 4.90 Å². The topological polar surface area (TPSA) is 37.4 Å². The minimum atomic E-state index is 0.200. The monoisotopic (exact) mass is 371 g/mol. The van der Waals surface area contributed by atoms with Gasteiger partial charge in [-0.05, 0) is 36.7 Å². The van der Waals surface area contributed by atoms with Gasteiger partial charge in [0.25, 0.3) is 0 Å². The highest BCUT2D eigenvalue weighted by Gasteiger charge is 2.23. The predicted octanol–water partition coefficient (Wildman–Crippen LogP) is 5.98. The van der Waals surface area contributed by atoms with Crippen molar-refractivity contribution < 1.29 is 9.59 Å². The maximum Gasteiger partial charge on any atom is 0.222 e. The fourth-order valence-corrected chi connectivity index (χ4v) is 3.95. The molecule has 1 saturated heterocycles. The Morgan fingerprint density at radius 1 is 1.00 bits per heavy atom. The van der Waals surface area contributed by atoms with Crippen LogP contribution in [-0.4, -0.2) is 29.7 Å². The number of carbonyl (C=O) groups is 2. The number of likely N-dealkylation sites (tertiary alicyclic amines) is 1. The summed E-state index contributed by atoms with van der Waals surface area (Å²) in [4.78, 5) is 26.2. The average molecular weight is 372 g/mol. The lowest BCUT2D eigenvalue weighted by atomic mass is 9.88. The zero-order chi connectivity index (χ0) is 19.6. The first-order chi connectivity index (χ1) is 13.0. The van der Waals surface area contributed by atoms with Crippen LogP contribution in [0.4, 0.5) is 0 Å². The Bertz CT molecular complexity index is 583. The molecular formula is C24H37NO2. The number of Topliss-reactive ketones (excluding diaryl/α,β-unsaturated/α-hetero) is 1. The first-order valence-electron chi connectivity index (χ1n) is 10.9. The van der Waals surface area contributed by atoms with Crippen LogP contribution in [0.15, 0.2) is 24.3 Å². The summed E-state index contributed by atoms with van der Waals surface area (Å²) in [6, 6.07) is 8.11. The van der Waals surface area contributed by atoms with E-state index in [4.69, 9.17) is 0 Å². The van der Waals surface area contributed by atoms with E-state index in [1.165, 1.54) is 31.2 Å². The SMILES string of the molecule is CCC(=O)c1ccc(C2CCN(C(=O)CCCCCCC(C)C)CC2)cc1. The van der Waals surface area contributed by atoms with Gasteiger partial charge in [-0.1, -0.05) is 70.7 Å². The minimum absolute atomic E-state index is 0.200. The highest BCUT2D eigenvalue weighted by atomic mass is 16.2. The smallest absolute Gasteiger partial charge is 0.222 e. The molecule has 1 aromatic carbocycles. The first-order valence-corrected chi connectivity index (χ1v) is 10.9. The van der Waals surface area contributed by atoms with Crippen LogP contribution in [0.5, 0.6) is 0 Å². The van der Waals surface area contributed by atoms with E-state index in [1.807, 2.05) is 19.1 Å². The summed E-state index contributed by atoms with van der Waals surface area (Å²) in [6.45, 7) is 8.17. The molecule has 150 valence electrons. The van der Waals surface area contributed by atoms with Gasteiger partial charge in [0.1, 0.15) is 0 Å². The average Bonchev–Trinajstić information content (AvgIpc) is 2.70. The van der Waals surface area contributed by atoms with E-state index in [1.54, 1.807) is 0 Å². The second kappa shape index (κ2) is 11.3. The summed E-state index contributed by atoms with van der Waals surface area (Å²) in [5.74, 6) is 1.83. The normalized spacial score (nSPS) is 15.3. The molecule has 0 spiro atoms. The Morgan fingerprint density at radius 3 is 2.22 bits per heavy atom. The van der Waals surface area contributed by atoms with Crippen LogP contribution in [-0.2, 0) is 4.79 Å². The van der Waals surface area contributed by atoms with Crippen LogP contribution in [0, 0.1) is 5.92 Å². The maximum absolute atomic E-state index is 12.4. The quantitative estimate of drug-likeness (QED) is 0.375. The molecule has 0 saturated carbocycles. The summed E-state index contributed by atoms with van der Waals surface area (Å²) < 4.78 is 0. The molecule has 0 aliphatic carbocycles. The van der Waals surface area contributed by atoms with Crippen LogP contribution >= 0.6 is 0 Å². The predicted molar refractivity (Wildman–Crippen MR) is 112 cm³/mol. The van der Waals surface area contributed by atoms with Gasteiger partial charge in [-0.15, -0.1) is 0 Å². The van der Waals surface area contributed by atoms with E-state index in [0.717, 1.165) is 43.8 Å². The van der Waals surface area contributed by atoms with Crippen molar-refractivity contribution in [2.75, 3.05) is 13.1 Å². The highest BCUT2D eigenvalue weighted by Crippen LogP contribution is 2.28. The molecule has 0 bridgehead atoms. The summed E-state index contributed by atoms with van der Waals surface area (Å²) in [6.07, 6.45) is 9.38. The second-order valence-electron chi connectivity index (χ2n) is 8.40. The van der Waals surface area contributed by atoms with Crippen molar-refractivity contribution >= 4 is 11.7 Å². The van der Waals surface area contributed by atoms with E-state index < -0.39 is 0 Å². The van der Waals surface area contributed by atoms with Crippen LogP contribution in [0.1, 0.15) is 100 Å². The highest BCUT2D eigenvalue weighted by molar-refractivity contribution is 5.95. The summed E-state index contributed by atoms with van der Waals surface area (Å²) in [5.41, 5.74) is 2.11. The summed E-state index contributed by atoms with van der Waals surface area (Å²) in [5, 5.41) is 0. The lowest BCUT2D eigenvalue weighted by Crippen LogP contribution is -2.37. The Kier molecular flexibility index (Phi) is 9.03. The molecule has 1 aromatic rings. The number of amides is 1. The molecule has 1 fully saturated rings. The summed E-state index contributed by atoms with van der Waals surface area (Å²) >= 11 is 0. The van der Waals surface area contributed by atoms with Gasteiger partial charge in [-0.25, -0.2) is 0 Å². The molecule has 1 amide bonds. The number of ketones is 1. The minimum Gasteiger partial charge on any atom is -0.343 e. The zero-order valence-corrected chi connectivity index (χ0v) is 17.5. The van der Waals surface area contributed by atoms with Gasteiger partial charge >= 0.3 is 0 Å². The molecule has 1 aliphatic rings. The molecule has 3 nitrogen and oxygen atoms in total. The first kappa shape index (κ1) is 21.7. The Morgan fingerprint density at radius 2 is 1.63 bits per heavy atom. The standard InChI is InChI=1S/C24H37NO2/c1-4-23(26)22-13-11-20(12-14-22)21-15-17-25(18-16-21)24(27)10-8-6-5-7-9-19(2)3/h11-14,19,21H,4-10,15-18H2,1-3H3. The number of rotatable bonds is 10. The maximum atomic E-state index is 12.4. The molecule has 27 heavy (non-hydrogen) atoms. The molecule has 1 aliphatic heterocycles. The summed E-state index contributed by atoms with van der Waals surface area (Å²) in [7, 11) is 0. The van der Waals surface area contributed by atoms with Gasteiger partial charge in [0.05, 0.1) is 0 Å². The van der Waals surface area contributed by atoms with E-state index >= 15 is 0 Å². The Labute approximate surface area is 165 Å². The fraction of sp³-hybridized carbons (Fsp3) is 0.667. The Balaban J connectivity index is 1.68. The number of nitrogens with zero attached hydrogens (tertiary/aromatic N) is 1. The van der Waals surface area contributed by atoms with Crippen molar-refractivity contribution in [3.8, 4) is 0 Å². The third-order valence-corrected chi connectivity index (χ3v) is 5.79. The number of hydrogen-bond acceptors (Lipinski definition) is 2. The van der Waals surface area contributed by atoms with Gasteiger partial charge in [-0.2, -0.15) is 0 Å². The molecule has 1 heterocycles. The number of benzene rings is 1. The fourth-order valence-electron chi connectivity index (χ4n) is 3.95. The third kappa shape index (κ3) is 7.12. The molecular weight excluding hydrogens is 334 g/mol. The zero-order valence-electron chi connectivity index (χ0n) is 17.5. The molecule has 3 heteroatoms. The number of carbonyl (C=O) groups excluding carboxylic acids is 2. The lowest BCUT2D eigenvalue weighted by molar-refractivity contribution is -0.132. The van der Waals surface area contributed by atoms with Crippen molar-refractivity contribution in [2.45, 2.75) is 84.5 Å². The van der Waals surface area contributed by atoms with Gasteiger partial charge in [0.2, 0.25) is 5.91 Å². The Hall–Kier alpha value is -1.64. The third-order valence-electron chi connectivity index (χ3n) is 5.79.